The Bertz CT molecular complexity index is 284. The summed E-state index contributed by atoms with van der Waals surface area (Å²) < 4.78 is 0. The molecule has 3 unspecified atom stereocenters. The van der Waals surface area contributed by atoms with Crippen molar-refractivity contribution >= 4 is 0 Å². The summed E-state index contributed by atoms with van der Waals surface area (Å²) in [6, 6.07) is 1.89. The maximum atomic E-state index is 9.89. The van der Waals surface area contributed by atoms with E-state index in [1.165, 1.54) is 32.2 Å². The number of fused-ring (bicyclic) bond motifs is 2. The topological polar surface area (TPSA) is 35.5 Å². The molecule has 0 aromatic heterocycles. The Labute approximate surface area is 125 Å². The molecule has 20 heavy (non-hydrogen) atoms. The molecule has 0 amide bonds. The highest BCUT2D eigenvalue weighted by atomic mass is 16.3. The number of rotatable bonds is 6. The van der Waals surface area contributed by atoms with E-state index in [0.717, 1.165) is 19.4 Å². The first-order valence-electron chi connectivity index (χ1n) is 8.59. The quantitative estimate of drug-likeness (QED) is 0.786. The predicted molar refractivity (Wildman–Crippen MR) is 84.9 cm³/mol. The van der Waals surface area contributed by atoms with Crippen molar-refractivity contribution in [2.45, 2.75) is 90.4 Å². The zero-order chi connectivity index (χ0) is 14.8. The second-order valence-corrected chi connectivity index (χ2v) is 7.91. The first-order chi connectivity index (χ1) is 9.41. The molecule has 0 saturated carbocycles. The van der Waals surface area contributed by atoms with Gasteiger partial charge in [0.1, 0.15) is 0 Å². The van der Waals surface area contributed by atoms with E-state index in [2.05, 4.69) is 37.9 Å². The molecule has 0 aromatic carbocycles. The van der Waals surface area contributed by atoms with Gasteiger partial charge in [0.2, 0.25) is 0 Å². The van der Waals surface area contributed by atoms with Crippen molar-refractivity contribution in [1.82, 2.24) is 10.2 Å². The highest BCUT2D eigenvalue weighted by molar-refractivity contribution is 4.96. The number of hydrogen-bond acceptors (Lipinski definition) is 3. The van der Waals surface area contributed by atoms with E-state index >= 15 is 0 Å². The fourth-order valence-corrected chi connectivity index (χ4v) is 4.05. The van der Waals surface area contributed by atoms with E-state index in [0.29, 0.717) is 23.5 Å². The number of aliphatic hydroxyl groups is 1. The van der Waals surface area contributed by atoms with Crippen molar-refractivity contribution in [3.05, 3.63) is 0 Å². The maximum Gasteiger partial charge on any atom is 0.0570 e. The summed E-state index contributed by atoms with van der Waals surface area (Å²) in [5.41, 5.74) is 0.323. The third-order valence-electron chi connectivity index (χ3n) is 5.22. The minimum absolute atomic E-state index is 0.0413. The largest absolute Gasteiger partial charge is 0.393 e. The molecule has 0 spiro atoms. The molecule has 0 aromatic rings. The van der Waals surface area contributed by atoms with Gasteiger partial charge in [0.05, 0.1) is 6.10 Å². The van der Waals surface area contributed by atoms with Gasteiger partial charge in [0, 0.05) is 24.7 Å². The lowest BCUT2D eigenvalue weighted by Crippen LogP contribution is -2.48. The number of hydrogen-bond donors (Lipinski definition) is 2. The van der Waals surface area contributed by atoms with Crippen LogP contribution in [0.2, 0.25) is 0 Å². The molecule has 2 fully saturated rings. The van der Waals surface area contributed by atoms with Gasteiger partial charge in [-0.05, 0) is 50.5 Å². The van der Waals surface area contributed by atoms with Crippen LogP contribution in [0.1, 0.15) is 66.2 Å². The number of aliphatic hydroxyl groups excluding tert-OH is 1. The Kier molecular flexibility index (Phi) is 5.49. The van der Waals surface area contributed by atoms with Gasteiger partial charge in [-0.3, -0.25) is 4.90 Å². The molecule has 3 atom stereocenters. The molecule has 2 N–H and O–H groups in total. The lowest BCUT2D eigenvalue weighted by atomic mass is 9.84. The van der Waals surface area contributed by atoms with Crippen molar-refractivity contribution in [2.75, 3.05) is 13.1 Å². The van der Waals surface area contributed by atoms with Gasteiger partial charge >= 0.3 is 0 Å². The van der Waals surface area contributed by atoms with Gasteiger partial charge < -0.3 is 10.4 Å². The van der Waals surface area contributed by atoms with Crippen LogP contribution in [0.5, 0.6) is 0 Å². The second-order valence-electron chi connectivity index (χ2n) is 7.91. The van der Waals surface area contributed by atoms with E-state index in [4.69, 9.17) is 0 Å². The van der Waals surface area contributed by atoms with Crippen molar-refractivity contribution in [3.8, 4) is 0 Å². The zero-order valence-corrected chi connectivity index (χ0v) is 13.9. The summed E-state index contributed by atoms with van der Waals surface area (Å²) in [6.07, 6.45) is 6.98. The van der Waals surface area contributed by atoms with Crippen molar-refractivity contribution in [3.63, 3.8) is 0 Å². The zero-order valence-electron chi connectivity index (χ0n) is 13.9. The third kappa shape index (κ3) is 3.96. The molecule has 2 saturated heterocycles. The Balaban J connectivity index is 1.86. The summed E-state index contributed by atoms with van der Waals surface area (Å²) in [6.45, 7) is 11.6. The van der Waals surface area contributed by atoms with Gasteiger partial charge in [0.15, 0.2) is 0 Å². The normalized spacial score (nSPS) is 32.5. The van der Waals surface area contributed by atoms with Crippen LogP contribution in [-0.4, -0.2) is 47.3 Å². The molecular weight excluding hydrogens is 248 g/mol. The predicted octanol–water partition coefficient (Wildman–Crippen LogP) is 2.78. The molecule has 0 aliphatic carbocycles. The lowest BCUT2D eigenvalue weighted by Gasteiger charge is -2.39. The third-order valence-corrected chi connectivity index (χ3v) is 5.22. The van der Waals surface area contributed by atoms with Crippen LogP contribution in [0.25, 0.3) is 0 Å². The molecular formula is C17H34N2O. The molecule has 0 radical (unpaired) electrons. The van der Waals surface area contributed by atoms with Crippen molar-refractivity contribution in [1.29, 1.82) is 0 Å². The Morgan fingerprint density at radius 1 is 1.20 bits per heavy atom. The summed E-state index contributed by atoms with van der Waals surface area (Å²) in [5, 5.41) is 13.6. The van der Waals surface area contributed by atoms with Crippen LogP contribution in [0.15, 0.2) is 0 Å². The van der Waals surface area contributed by atoms with Crippen molar-refractivity contribution < 1.29 is 5.11 Å². The smallest absolute Gasteiger partial charge is 0.0570 e. The number of nitrogens with zero attached hydrogens (tertiary/aromatic N) is 1. The van der Waals surface area contributed by atoms with Gasteiger partial charge in [-0.2, -0.15) is 0 Å². The van der Waals surface area contributed by atoms with Gasteiger partial charge in [0.25, 0.3) is 0 Å². The van der Waals surface area contributed by atoms with Gasteiger partial charge in [-0.15, -0.1) is 0 Å². The van der Waals surface area contributed by atoms with E-state index < -0.39 is 0 Å². The number of nitrogens with one attached hydrogen (secondary N) is 1. The molecule has 2 bridgehead atoms. The fourth-order valence-electron chi connectivity index (χ4n) is 4.05. The summed E-state index contributed by atoms with van der Waals surface area (Å²) >= 11 is 0. The highest BCUT2D eigenvalue weighted by Gasteiger charge is 2.40. The Hall–Kier alpha value is -0.120. The molecule has 2 aliphatic rings. The summed E-state index contributed by atoms with van der Waals surface area (Å²) in [7, 11) is 0. The second kappa shape index (κ2) is 6.76. The van der Waals surface area contributed by atoms with Crippen LogP contribution in [-0.2, 0) is 0 Å². The first kappa shape index (κ1) is 16.3. The first-order valence-corrected chi connectivity index (χ1v) is 8.59. The van der Waals surface area contributed by atoms with E-state index in [9.17, 15) is 5.11 Å². The number of piperidine rings is 1. The van der Waals surface area contributed by atoms with E-state index in [-0.39, 0.29) is 6.10 Å². The van der Waals surface area contributed by atoms with Crippen molar-refractivity contribution in [2.24, 2.45) is 5.41 Å². The minimum Gasteiger partial charge on any atom is -0.393 e. The van der Waals surface area contributed by atoms with E-state index in [1.54, 1.807) is 0 Å². The van der Waals surface area contributed by atoms with Crippen LogP contribution in [0, 0.1) is 5.41 Å². The van der Waals surface area contributed by atoms with Crippen LogP contribution in [0.4, 0.5) is 0 Å². The molecule has 3 nitrogen and oxygen atoms in total. The molecule has 3 heteroatoms. The average Bonchev–Trinajstić information content (AvgIpc) is 2.59. The highest BCUT2D eigenvalue weighted by Crippen LogP contribution is 2.36. The molecule has 118 valence electrons. The minimum atomic E-state index is -0.0413. The molecule has 2 aliphatic heterocycles. The monoisotopic (exact) mass is 282 g/mol. The molecule has 2 rings (SSSR count). The molecule has 2 heterocycles. The standard InChI is InChI=1S/C17H34N2O/c1-5-9-18-16(17(2,3)4)8-10-19-13-6-7-14(19)12-15(20)11-13/h13-16,18,20H,5-12H2,1-4H3. The SMILES string of the molecule is CCCNC(CCN1C2CCC1CC(O)C2)C(C)(C)C. The Morgan fingerprint density at radius 3 is 2.30 bits per heavy atom. The maximum absolute atomic E-state index is 9.89. The Morgan fingerprint density at radius 2 is 1.80 bits per heavy atom. The fraction of sp³-hybridized carbons (Fsp3) is 1.00. The van der Waals surface area contributed by atoms with Crippen LogP contribution >= 0.6 is 0 Å². The lowest BCUT2D eigenvalue weighted by molar-refractivity contribution is 0.0310. The van der Waals surface area contributed by atoms with Crippen LogP contribution < -0.4 is 5.32 Å². The summed E-state index contributed by atoms with van der Waals surface area (Å²) in [4.78, 5) is 2.69. The van der Waals surface area contributed by atoms with Crippen LogP contribution in [0.3, 0.4) is 0 Å². The van der Waals surface area contributed by atoms with E-state index in [1.807, 2.05) is 0 Å². The average molecular weight is 282 g/mol. The van der Waals surface area contributed by atoms with Gasteiger partial charge in [-0.1, -0.05) is 27.7 Å². The van der Waals surface area contributed by atoms with Gasteiger partial charge in [-0.25, -0.2) is 0 Å². The summed E-state index contributed by atoms with van der Waals surface area (Å²) in [5.74, 6) is 0.